The number of nitrogens with zero attached hydrogens (tertiary/aromatic N) is 1. The first-order valence-electron chi connectivity index (χ1n) is 6.80. The first-order valence-corrected chi connectivity index (χ1v) is 7.99. The van der Waals surface area contributed by atoms with Crippen LogP contribution in [0.5, 0.6) is 0 Å². The molecule has 3 rings (SSSR count). The molecular weight excluding hydrogens is 264 g/mol. The van der Waals surface area contributed by atoms with Gasteiger partial charge in [-0.25, -0.2) is 0 Å². The summed E-state index contributed by atoms with van der Waals surface area (Å²) in [5, 5.41) is 3.78. The van der Waals surface area contributed by atoms with E-state index in [-0.39, 0.29) is 0 Å². The lowest BCUT2D eigenvalue weighted by Crippen LogP contribution is -2.56. The molecule has 0 bridgehead atoms. The quantitative estimate of drug-likeness (QED) is 0.911. The summed E-state index contributed by atoms with van der Waals surface area (Å²) in [5.74, 6) is 0. The van der Waals surface area contributed by atoms with Gasteiger partial charge in [0, 0.05) is 23.0 Å². The molecule has 0 aromatic carbocycles. The van der Waals surface area contributed by atoms with Crippen LogP contribution in [-0.2, 0) is 6.42 Å². The molecule has 1 heterocycles. The Bertz CT molecular complexity index is 437. The Kier molecular flexibility index (Phi) is 3.43. The second-order valence-corrected chi connectivity index (χ2v) is 7.64. The lowest BCUT2D eigenvalue weighted by atomic mass is 9.75. The molecule has 1 N–H and O–H groups in total. The number of likely N-dealkylation sites (N-methyl/N-ethyl adjacent to an activating group) is 1. The molecule has 1 fully saturated rings. The van der Waals surface area contributed by atoms with Crippen LogP contribution in [0.1, 0.15) is 42.2 Å². The van der Waals surface area contributed by atoms with Crippen LogP contribution in [0.15, 0.2) is 6.07 Å². The Morgan fingerprint density at radius 3 is 2.89 bits per heavy atom. The van der Waals surface area contributed by atoms with Gasteiger partial charge in [0.05, 0.1) is 4.34 Å². The third-order valence-electron chi connectivity index (χ3n) is 4.76. The Labute approximate surface area is 118 Å². The number of halogens is 1. The third kappa shape index (κ3) is 2.11. The van der Waals surface area contributed by atoms with Crippen LogP contribution in [0.4, 0.5) is 0 Å². The average molecular weight is 285 g/mol. The van der Waals surface area contributed by atoms with Crippen LogP contribution < -0.4 is 5.32 Å². The maximum absolute atomic E-state index is 6.11. The van der Waals surface area contributed by atoms with E-state index in [1.807, 2.05) is 0 Å². The van der Waals surface area contributed by atoms with Crippen LogP contribution in [0, 0.1) is 0 Å². The molecule has 0 spiro atoms. The highest BCUT2D eigenvalue weighted by atomic mass is 35.5. The number of aryl methyl sites for hydroxylation is 1. The Hall–Kier alpha value is -0.0900. The van der Waals surface area contributed by atoms with Gasteiger partial charge in [-0.05, 0) is 57.8 Å². The highest BCUT2D eigenvalue weighted by molar-refractivity contribution is 7.16. The maximum atomic E-state index is 6.11. The van der Waals surface area contributed by atoms with Gasteiger partial charge >= 0.3 is 0 Å². The van der Waals surface area contributed by atoms with Crippen molar-refractivity contribution in [2.24, 2.45) is 0 Å². The van der Waals surface area contributed by atoms with Gasteiger partial charge in [0.15, 0.2) is 0 Å². The summed E-state index contributed by atoms with van der Waals surface area (Å²) in [5.41, 5.74) is 1.86. The summed E-state index contributed by atoms with van der Waals surface area (Å²) >= 11 is 7.86. The Morgan fingerprint density at radius 1 is 1.50 bits per heavy atom. The van der Waals surface area contributed by atoms with Gasteiger partial charge in [-0.3, -0.25) is 0 Å². The SMILES string of the molecule is CN(C)C1(CNC2CCc3sc(Cl)cc32)CCC1. The van der Waals surface area contributed by atoms with Crippen molar-refractivity contribution in [2.45, 2.75) is 43.7 Å². The Morgan fingerprint density at radius 2 is 2.28 bits per heavy atom. The molecule has 2 aliphatic carbocycles. The molecule has 1 aromatic rings. The zero-order chi connectivity index (χ0) is 12.8. The van der Waals surface area contributed by atoms with Crippen molar-refractivity contribution in [1.29, 1.82) is 0 Å². The Balaban J connectivity index is 1.64. The van der Waals surface area contributed by atoms with Gasteiger partial charge in [-0.2, -0.15) is 0 Å². The average Bonchev–Trinajstić information content (AvgIpc) is 2.76. The molecule has 0 aliphatic heterocycles. The molecule has 2 nitrogen and oxygen atoms in total. The van der Waals surface area contributed by atoms with E-state index < -0.39 is 0 Å². The van der Waals surface area contributed by atoms with Gasteiger partial charge in [0.25, 0.3) is 0 Å². The minimum absolute atomic E-state index is 0.405. The van der Waals surface area contributed by atoms with E-state index in [4.69, 9.17) is 11.6 Å². The van der Waals surface area contributed by atoms with Crippen molar-refractivity contribution in [1.82, 2.24) is 10.2 Å². The molecule has 1 atom stereocenters. The summed E-state index contributed by atoms with van der Waals surface area (Å²) in [6.45, 7) is 1.11. The lowest BCUT2D eigenvalue weighted by Gasteiger charge is -2.48. The van der Waals surface area contributed by atoms with E-state index in [0.29, 0.717) is 11.6 Å². The van der Waals surface area contributed by atoms with E-state index in [0.717, 1.165) is 10.9 Å². The minimum atomic E-state index is 0.405. The number of fused-ring (bicyclic) bond motifs is 1. The van der Waals surface area contributed by atoms with Crippen LogP contribution in [-0.4, -0.2) is 31.1 Å². The van der Waals surface area contributed by atoms with Gasteiger partial charge in [-0.1, -0.05) is 11.6 Å². The van der Waals surface area contributed by atoms with Crippen LogP contribution >= 0.6 is 22.9 Å². The zero-order valence-electron chi connectivity index (χ0n) is 11.1. The zero-order valence-corrected chi connectivity index (χ0v) is 12.7. The summed E-state index contributed by atoms with van der Waals surface area (Å²) in [6, 6.07) is 2.69. The van der Waals surface area contributed by atoms with Crippen LogP contribution in [0.25, 0.3) is 0 Å². The maximum Gasteiger partial charge on any atom is 0.0934 e. The van der Waals surface area contributed by atoms with Crippen molar-refractivity contribution in [2.75, 3.05) is 20.6 Å². The van der Waals surface area contributed by atoms with E-state index in [9.17, 15) is 0 Å². The molecule has 4 heteroatoms. The first kappa shape index (κ1) is 12.9. The fourth-order valence-corrected chi connectivity index (χ4v) is 4.58. The monoisotopic (exact) mass is 284 g/mol. The molecule has 1 saturated carbocycles. The minimum Gasteiger partial charge on any atom is -0.308 e. The topological polar surface area (TPSA) is 15.3 Å². The van der Waals surface area contributed by atoms with Crippen molar-refractivity contribution >= 4 is 22.9 Å². The summed E-state index contributed by atoms with van der Waals surface area (Å²) in [6.07, 6.45) is 6.47. The van der Waals surface area contributed by atoms with Crippen LogP contribution in [0.3, 0.4) is 0 Å². The number of nitrogens with one attached hydrogen (secondary N) is 1. The number of hydrogen-bond acceptors (Lipinski definition) is 3. The standard InChI is InChI=1S/C14H21ClN2S/c1-17(2)14(6-3-7-14)9-16-11-4-5-12-10(11)8-13(15)18-12/h8,11,16H,3-7,9H2,1-2H3. The predicted octanol–water partition coefficient (Wildman–Crippen LogP) is 3.46. The molecule has 1 aromatic heterocycles. The highest BCUT2D eigenvalue weighted by Crippen LogP contribution is 2.41. The second kappa shape index (κ2) is 4.78. The molecule has 0 saturated heterocycles. The van der Waals surface area contributed by atoms with Crippen molar-refractivity contribution in [3.8, 4) is 0 Å². The molecule has 2 aliphatic rings. The number of thiophene rings is 1. The van der Waals surface area contributed by atoms with E-state index in [1.165, 1.54) is 42.5 Å². The molecule has 18 heavy (non-hydrogen) atoms. The summed E-state index contributed by atoms with van der Waals surface area (Å²) in [7, 11) is 4.42. The van der Waals surface area contributed by atoms with Gasteiger partial charge in [0.2, 0.25) is 0 Å². The van der Waals surface area contributed by atoms with Crippen molar-refractivity contribution in [3.63, 3.8) is 0 Å². The first-order chi connectivity index (χ1) is 8.61. The molecule has 100 valence electrons. The van der Waals surface area contributed by atoms with E-state index in [2.05, 4.69) is 30.4 Å². The van der Waals surface area contributed by atoms with Crippen LogP contribution in [0.2, 0.25) is 4.34 Å². The third-order valence-corrected chi connectivity index (χ3v) is 6.10. The smallest absolute Gasteiger partial charge is 0.0934 e. The normalized spacial score (nSPS) is 25.2. The highest BCUT2D eigenvalue weighted by Gasteiger charge is 2.39. The summed E-state index contributed by atoms with van der Waals surface area (Å²) < 4.78 is 0.942. The summed E-state index contributed by atoms with van der Waals surface area (Å²) in [4.78, 5) is 3.89. The van der Waals surface area contributed by atoms with Gasteiger partial charge in [0.1, 0.15) is 0 Å². The molecule has 0 radical (unpaired) electrons. The fourth-order valence-electron chi connectivity index (χ4n) is 3.22. The number of rotatable bonds is 4. The fraction of sp³-hybridized carbons (Fsp3) is 0.714. The molecular formula is C14H21ClN2S. The second-order valence-electron chi connectivity index (χ2n) is 5.87. The lowest BCUT2D eigenvalue weighted by molar-refractivity contribution is 0.0571. The van der Waals surface area contributed by atoms with Gasteiger partial charge in [-0.15, -0.1) is 11.3 Å². The molecule has 0 amide bonds. The van der Waals surface area contributed by atoms with E-state index >= 15 is 0 Å². The van der Waals surface area contributed by atoms with Crippen molar-refractivity contribution in [3.05, 3.63) is 20.8 Å². The number of hydrogen-bond donors (Lipinski definition) is 1. The van der Waals surface area contributed by atoms with Crippen molar-refractivity contribution < 1.29 is 0 Å². The predicted molar refractivity (Wildman–Crippen MR) is 78.7 cm³/mol. The molecule has 1 unspecified atom stereocenters. The van der Waals surface area contributed by atoms with E-state index in [1.54, 1.807) is 11.3 Å². The largest absolute Gasteiger partial charge is 0.308 e. The van der Waals surface area contributed by atoms with Gasteiger partial charge < -0.3 is 10.2 Å².